The quantitative estimate of drug-likeness (QED) is 0.800. The second-order valence-corrected chi connectivity index (χ2v) is 4.34. The monoisotopic (exact) mass is 269 g/mol. The molecule has 1 aromatic carbocycles. The molecule has 0 N–H and O–H groups in total. The second-order valence-electron chi connectivity index (χ2n) is 4.34. The number of carbonyl (C=O) groups is 1. The van der Waals surface area contributed by atoms with Gasteiger partial charge in [0.25, 0.3) is 0 Å². The van der Waals surface area contributed by atoms with Gasteiger partial charge in [-0.05, 0) is 31.5 Å². The van der Waals surface area contributed by atoms with Gasteiger partial charge in [-0.3, -0.25) is 0 Å². The van der Waals surface area contributed by atoms with E-state index in [0.29, 0.717) is 12.2 Å². The number of nitriles is 1. The topological polar surface area (TPSA) is 67.9 Å². The Morgan fingerprint density at radius 3 is 3.05 bits per heavy atom. The lowest BCUT2D eigenvalue weighted by Gasteiger charge is -2.13. The Bertz CT molecular complexity index is 655. The van der Waals surface area contributed by atoms with Crippen LogP contribution in [0.1, 0.15) is 41.5 Å². The van der Waals surface area contributed by atoms with Crippen LogP contribution in [0.25, 0.3) is 0 Å². The minimum atomic E-state index is -0.427. The van der Waals surface area contributed by atoms with Crippen molar-refractivity contribution in [1.29, 1.82) is 5.26 Å². The average molecular weight is 269 g/mol. The van der Waals surface area contributed by atoms with Crippen molar-refractivity contribution in [2.75, 3.05) is 6.61 Å². The van der Waals surface area contributed by atoms with E-state index < -0.39 is 5.97 Å². The number of nitrogens with zero attached hydrogens (tertiary/aromatic N) is 3. The third-order valence-corrected chi connectivity index (χ3v) is 3.03. The molecule has 0 radical (unpaired) electrons. The highest BCUT2D eigenvalue weighted by Gasteiger charge is 2.14. The first-order valence-corrected chi connectivity index (χ1v) is 6.36. The van der Waals surface area contributed by atoms with Gasteiger partial charge in [0.15, 0.2) is 5.69 Å². The third-order valence-electron chi connectivity index (χ3n) is 3.03. The normalized spacial score (nSPS) is 11.7. The molecule has 20 heavy (non-hydrogen) atoms. The average Bonchev–Trinajstić information content (AvgIpc) is 2.96. The Morgan fingerprint density at radius 1 is 1.55 bits per heavy atom. The molecule has 0 spiro atoms. The van der Waals surface area contributed by atoms with E-state index in [-0.39, 0.29) is 11.7 Å². The maximum absolute atomic E-state index is 11.6. The van der Waals surface area contributed by atoms with Gasteiger partial charge >= 0.3 is 5.97 Å². The highest BCUT2D eigenvalue weighted by atomic mass is 16.5. The fraction of sp³-hybridized carbons (Fsp3) is 0.267. The molecule has 2 rings (SSSR count). The van der Waals surface area contributed by atoms with E-state index in [1.54, 1.807) is 25.5 Å². The van der Waals surface area contributed by atoms with Crippen LogP contribution in [0, 0.1) is 11.3 Å². The van der Waals surface area contributed by atoms with Crippen LogP contribution in [0.5, 0.6) is 0 Å². The van der Waals surface area contributed by atoms with Crippen molar-refractivity contribution >= 4 is 5.97 Å². The van der Waals surface area contributed by atoms with E-state index >= 15 is 0 Å². The van der Waals surface area contributed by atoms with E-state index in [1.165, 1.54) is 0 Å². The van der Waals surface area contributed by atoms with Crippen molar-refractivity contribution in [1.82, 2.24) is 9.55 Å². The number of carbonyl (C=O) groups excluding carboxylic acids is 1. The van der Waals surface area contributed by atoms with Gasteiger partial charge in [-0.15, -0.1) is 0 Å². The van der Waals surface area contributed by atoms with E-state index in [4.69, 9.17) is 10.00 Å². The van der Waals surface area contributed by atoms with Crippen molar-refractivity contribution in [2.45, 2.75) is 19.9 Å². The lowest BCUT2D eigenvalue weighted by Crippen LogP contribution is -2.06. The van der Waals surface area contributed by atoms with E-state index in [1.807, 2.05) is 29.7 Å². The molecule has 0 unspecified atom stereocenters. The molecule has 102 valence electrons. The molecule has 5 heteroatoms. The van der Waals surface area contributed by atoms with Gasteiger partial charge < -0.3 is 9.30 Å². The van der Waals surface area contributed by atoms with Crippen molar-refractivity contribution in [2.24, 2.45) is 0 Å². The molecule has 0 aliphatic heterocycles. The Kier molecular flexibility index (Phi) is 4.16. The smallest absolute Gasteiger partial charge is 0.358 e. The van der Waals surface area contributed by atoms with Crippen LogP contribution in [-0.4, -0.2) is 22.1 Å². The summed E-state index contributed by atoms with van der Waals surface area (Å²) in [5.74, 6) is -0.427. The molecule has 1 aromatic heterocycles. The lowest BCUT2D eigenvalue weighted by atomic mass is 10.1. The molecule has 0 fully saturated rings. The lowest BCUT2D eigenvalue weighted by molar-refractivity contribution is 0.0520. The molecule has 0 aliphatic rings. The van der Waals surface area contributed by atoms with Crippen LogP contribution in [0.4, 0.5) is 0 Å². The Balaban J connectivity index is 2.23. The number of hydrogen-bond acceptors (Lipinski definition) is 4. The number of hydrogen-bond donors (Lipinski definition) is 0. The Labute approximate surface area is 117 Å². The van der Waals surface area contributed by atoms with E-state index in [9.17, 15) is 4.79 Å². The van der Waals surface area contributed by atoms with Crippen LogP contribution in [0.15, 0.2) is 36.8 Å². The molecule has 0 amide bonds. The van der Waals surface area contributed by atoms with Crippen LogP contribution >= 0.6 is 0 Å². The second kappa shape index (κ2) is 6.02. The zero-order valence-electron chi connectivity index (χ0n) is 11.4. The van der Waals surface area contributed by atoms with Gasteiger partial charge in [-0.1, -0.05) is 12.1 Å². The first-order chi connectivity index (χ1) is 9.65. The summed E-state index contributed by atoms with van der Waals surface area (Å²) < 4.78 is 6.73. The molecular formula is C15H15N3O2. The summed E-state index contributed by atoms with van der Waals surface area (Å²) >= 11 is 0. The van der Waals surface area contributed by atoms with Crippen LogP contribution in [0.2, 0.25) is 0 Å². The number of rotatable bonds is 4. The van der Waals surface area contributed by atoms with E-state index in [2.05, 4.69) is 11.1 Å². The van der Waals surface area contributed by atoms with Gasteiger partial charge in [0.1, 0.15) is 0 Å². The molecule has 0 saturated heterocycles. The van der Waals surface area contributed by atoms with Gasteiger partial charge in [0.05, 0.1) is 30.6 Å². The molecule has 2 aromatic rings. The van der Waals surface area contributed by atoms with E-state index in [0.717, 1.165) is 5.56 Å². The van der Waals surface area contributed by atoms with Crippen LogP contribution < -0.4 is 0 Å². The number of ether oxygens (including phenoxy) is 1. The number of imidazole rings is 1. The standard InChI is InChI=1S/C15H15N3O2/c1-3-20-15(19)14-9-18(10-17-14)11(2)13-6-4-5-12(7-13)8-16/h4-7,9-11H,3H2,1-2H3/t11-/m0/s1. The molecule has 0 saturated carbocycles. The number of esters is 1. The summed E-state index contributed by atoms with van der Waals surface area (Å²) in [4.78, 5) is 15.6. The first kappa shape index (κ1) is 13.8. The van der Waals surface area contributed by atoms with Gasteiger partial charge in [-0.25, -0.2) is 9.78 Å². The Hall–Kier alpha value is -2.61. The zero-order valence-corrected chi connectivity index (χ0v) is 11.4. The van der Waals surface area contributed by atoms with Crippen LogP contribution in [0.3, 0.4) is 0 Å². The summed E-state index contributed by atoms with van der Waals surface area (Å²) in [5, 5.41) is 8.92. The SMILES string of the molecule is CCOC(=O)c1cn([C@@H](C)c2cccc(C#N)c2)cn1. The first-order valence-electron chi connectivity index (χ1n) is 6.36. The summed E-state index contributed by atoms with van der Waals surface area (Å²) in [6.07, 6.45) is 3.25. The van der Waals surface area contributed by atoms with Gasteiger partial charge in [0.2, 0.25) is 0 Å². The van der Waals surface area contributed by atoms with Crippen molar-refractivity contribution in [3.8, 4) is 6.07 Å². The number of benzene rings is 1. The van der Waals surface area contributed by atoms with Crippen molar-refractivity contribution in [3.63, 3.8) is 0 Å². The van der Waals surface area contributed by atoms with Crippen molar-refractivity contribution in [3.05, 3.63) is 53.6 Å². The third kappa shape index (κ3) is 2.86. The maximum Gasteiger partial charge on any atom is 0.358 e. The molecule has 0 aliphatic carbocycles. The highest BCUT2D eigenvalue weighted by Crippen LogP contribution is 2.19. The molecular weight excluding hydrogens is 254 g/mol. The Morgan fingerprint density at radius 2 is 2.35 bits per heavy atom. The summed E-state index contributed by atoms with van der Waals surface area (Å²) in [5.41, 5.74) is 1.88. The predicted octanol–water partition coefficient (Wildman–Crippen LogP) is 2.54. The predicted molar refractivity (Wildman–Crippen MR) is 73.2 cm³/mol. The molecule has 5 nitrogen and oxygen atoms in total. The fourth-order valence-corrected chi connectivity index (χ4v) is 1.90. The number of aromatic nitrogens is 2. The van der Waals surface area contributed by atoms with Gasteiger partial charge in [-0.2, -0.15) is 5.26 Å². The zero-order chi connectivity index (χ0) is 14.5. The summed E-state index contributed by atoms with van der Waals surface area (Å²) in [6.45, 7) is 4.06. The fourth-order valence-electron chi connectivity index (χ4n) is 1.90. The minimum Gasteiger partial charge on any atom is -0.461 e. The highest BCUT2D eigenvalue weighted by molar-refractivity contribution is 5.86. The molecule has 1 atom stereocenters. The molecule has 0 bridgehead atoms. The van der Waals surface area contributed by atoms with Gasteiger partial charge in [0, 0.05) is 6.20 Å². The summed E-state index contributed by atoms with van der Waals surface area (Å²) in [6, 6.07) is 9.47. The molecule has 1 heterocycles. The van der Waals surface area contributed by atoms with Crippen LogP contribution in [-0.2, 0) is 4.74 Å². The minimum absolute atomic E-state index is 0.0148. The maximum atomic E-state index is 11.6. The largest absolute Gasteiger partial charge is 0.461 e. The van der Waals surface area contributed by atoms with Crippen molar-refractivity contribution < 1.29 is 9.53 Å². The summed E-state index contributed by atoms with van der Waals surface area (Å²) in [7, 11) is 0.